The molecule has 0 saturated carbocycles. The fourth-order valence-corrected chi connectivity index (χ4v) is 1.93. The Morgan fingerprint density at radius 1 is 1.24 bits per heavy atom. The van der Waals surface area contributed by atoms with Gasteiger partial charge in [-0.1, -0.05) is 24.2 Å². The van der Waals surface area contributed by atoms with Crippen LogP contribution in [0.15, 0.2) is 22.7 Å². The molecular weight excluding hydrogens is 272 g/mol. The summed E-state index contributed by atoms with van der Waals surface area (Å²) in [7, 11) is 0. The predicted octanol–water partition coefficient (Wildman–Crippen LogP) is 2.49. The third-order valence-electron chi connectivity index (χ3n) is 2.85. The maximum Gasteiger partial charge on any atom is 0.264 e. The number of rotatable bonds is 8. The second-order valence-electron chi connectivity index (χ2n) is 4.48. The van der Waals surface area contributed by atoms with Gasteiger partial charge in [0.1, 0.15) is 0 Å². The Morgan fingerprint density at radius 3 is 2.81 bits per heavy atom. The molecule has 0 aliphatic heterocycles. The van der Waals surface area contributed by atoms with Crippen molar-refractivity contribution in [1.82, 2.24) is 10.1 Å². The van der Waals surface area contributed by atoms with Gasteiger partial charge in [-0.2, -0.15) is 4.98 Å². The molecule has 1 heterocycles. The lowest BCUT2D eigenvalue weighted by atomic mass is 10.2. The van der Waals surface area contributed by atoms with E-state index in [9.17, 15) is 5.11 Å². The van der Waals surface area contributed by atoms with E-state index in [2.05, 4.69) is 17.1 Å². The lowest BCUT2D eigenvalue weighted by molar-refractivity contribution is 0.215. The van der Waals surface area contributed by atoms with Crippen LogP contribution in [0.3, 0.4) is 0 Å². The Bertz CT molecular complexity index is 569. The summed E-state index contributed by atoms with van der Waals surface area (Å²) in [6.07, 6.45) is 1.74. The molecule has 1 aromatic heterocycles. The molecule has 0 fully saturated rings. The van der Waals surface area contributed by atoms with Gasteiger partial charge in [-0.25, -0.2) is 0 Å². The van der Waals surface area contributed by atoms with Crippen LogP contribution in [0, 0.1) is 0 Å². The van der Waals surface area contributed by atoms with Crippen LogP contribution in [0.5, 0.6) is 11.5 Å². The van der Waals surface area contributed by atoms with E-state index in [0.717, 1.165) is 12.8 Å². The fourth-order valence-electron chi connectivity index (χ4n) is 1.93. The third-order valence-corrected chi connectivity index (χ3v) is 2.85. The summed E-state index contributed by atoms with van der Waals surface area (Å²) < 4.78 is 16.3. The highest BCUT2D eigenvalue weighted by Crippen LogP contribution is 2.32. The number of para-hydroxylation sites is 1. The van der Waals surface area contributed by atoms with Gasteiger partial charge in [0.05, 0.1) is 13.2 Å². The fraction of sp³-hybridized carbons (Fsp3) is 0.467. The molecule has 0 atom stereocenters. The quantitative estimate of drug-likeness (QED) is 0.805. The highest BCUT2D eigenvalue weighted by Gasteiger charge is 2.13. The topological polar surface area (TPSA) is 77.6 Å². The molecule has 0 unspecified atom stereocenters. The third kappa shape index (κ3) is 3.95. The van der Waals surface area contributed by atoms with E-state index < -0.39 is 0 Å². The van der Waals surface area contributed by atoms with Crippen molar-refractivity contribution in [3.63, 3.8) is 0 Å². The van der Waals surface area contributed by atoms with Crippen LogP contribution in [0.4, 0.5) is 0 Å². The lowest BCUT2D eigenvalue weighted by Crippen LogP contribution is -2.03. The summed E-state index contributed by atoms with van der Waals surface area (Å²) >= 11 is 0. The largest absolute Gasteiger partial charge is 0.490 e. The first kappa shape index (κ1) is 15.3. The van der Waals surface area contributed by atoms with Gasteiger partial charge < -0.3 is 19.1 Å². The average molecular weight is 292 g/mol. The van der Waals surface area contributed by atoms with E-state index in [1.54, 1.807) is 12.1 Å². The molecule has 2 aromatic rings. The zero-order valence-electron chi connectivity index (χ0n) is 12.3. The standard InChI is InChI=1S/C15H20N2O4/c1-3-6-13-16-14(21-17-13)10-20-15-11(9-18)7-5-8-12(15)19-4-2/h5,7-8,18H,3-4,6,9-10H2,1-2H3. The number of benzene rings is 1. The van der Waals surface area contributed by atoms with Crippen LogP contribution in [0.2, 0.25) is 0 Å². The van der Waals surface area contributed by atoms with Gasteiger partial charge in [0.25, 0.3) is 5.89 Å². The minimum Gasteiger partial charge on any atom is -0.490 e. The van der Waals surface area contributed by atoms with Crippen molar-refractivity contribution < 1.29 is 19.1 Å². The number of ether oxygens (including phenoxy) is 2. The second-order valence-corrected chi connectivity index (χ2v) is 4.48. The van der Waals surface area contributed by atoms with Crippen molar-refractivity contribution in [1.29, 1.82) is 0 Å². The molecule has 6 heteroatoms. The normalized spacial score (nSPS) is 10.6. The van der Waals surface area contributed by atoms with Gasteiger partial charge in [-0.15, -0.1) is 0 Å². The van der Waals surface area contributed by atoms with Gasteiger partial charge in [-0.3, -0.25) is 0 Å². The molecule has 0 spiro atoms. The molecule has 1 N–H and O–H groups in total. The zero-order chi connectivity index (χ0) is 15.1. The first-order chi connectivity index (χ1) is 10.3. The van der Waals surface area contributed by atoms with Gasteiger partial charge in [0.15, 0.2) is 23.9 Å². The molecule has 1 aromatic carbocycles. The zero-order valence-corrected chi connectivity index (χ0v) is 12.3. The van der Waals surface area contributed by atoms with Crippen molar-refractivity contribution in [2.24, 2.45) is 0 Å². The summed E-state index contributed by atoms with van der Waals surface area (Å²) in [5.74, 6) is 2.19. The molecule has 2 rings (SSSR count). The van der Waals surface area contributed by atoms with Gasteiger partial charge >= 0.3 is 0 Å². The Labute approximate surface area is 123 Å². The summed E-state index contributed by atoms with van der Waals surface area (Å²) in [6, 6.07) is 5.40. The molecule has 114 valence electrons. The van der Waals surface area contributed by atoms with Gasteiger partial charge in [0.2, 0.25) is 0 Å². The number of aryl methyl sites for hydroxylation is 1. The van der Waals surface area contributed by atoms with Crippen LogP contribution in [-0.4, -0.2) is 21.9 Å². The van der Waals surface area contributed by atoms with Crippen molar-refractivity contribution in [2.75, 3.05) is 6.61 Å². The van der Waals surface area contributed by atoms with Crippen molar-refractivity contribution >= 4 is 0 Å². The van der Waals surface area contributed by atoms with Crippen molar-refractivity contribution in [2.45, 2.75) is 39.9 Å². The van der Waals surface area contributed by atoms with E-state index in [-0.39, 0.29) is 13.2 Å². The molecule has 0 aliphatic rings. The van der Waals surface area contributed by atoms with E-state index >= 15 is 0 Å². The minimum atomic E-state index is -0.124. The summed E-state index contributed by atoms with van der Waals surface area (Å²) in [5.41, 5.74) is 0.661. The molecule has 6 nitrogen and oxygen atoms in total. The van der Waals surface area contributed by atoms with Gasteiger partial charge in [0, 0.05) is 12.0 Å². The monoisotopic (exact) mass is 292 g/mol. The molecule has 0 bridgehead atoms. The highest BCUT2D eigenvalue weighted by atomic mass is 16.5. The smallest absolute Gasteiger partial charge is 0.264 e. The van der Waals surface area contributed by atoms with Gasteiger partial charge in [-0.05, 0) is 19.4 Å². The Morgan fingerprint density at radius 2 is 2.10 bits per heavy atom. The van der Waals surface area contributed by atoms with Crippen LogP contribution < -0.4 is 9.47 Å². The number of hydrogen-bond acceptors (Lipinski definition) is 6. The summed E-state index contributed by atoms with van der Waals surface area (Å²) in [5, 5.41) is 13.3. The number of nitrogens with zero attached hydrogens (tertiary/aromatic N) is 2. The first-order valence-electron chi connectivity index (χ1n) is 7.08. The highest BCUT2D eigenvalue weighted by molar-refractivity contribution is 5.46. The molecule has 0 amide bonds. The SMILES string of the molecule is CCCc1noc(COc2c(CO)cccc2OCC)n1. The Hall–Kier alpha value is -2.08. The minimum absolute atomic E-state index is 0.124. The predicted molar refractivity (Wildman–Crippen MR) is 76.2 cm³/mol. The van der Waals surface area contributed by atoms with Crippen LogP contribution in [-0.2, 0) is 19.6 Å². The average Bonchev–Trinajstić information content (AvgIpc) is 2.94. The first-order valence-corrected chi connectivity index (χ1v) is 7.08. The number of aliphatic hydroxyl groups excluding tert-OH is 1. The molecule has 0 saturated heterocycles. The number of aliphatic hydroxyl groups is 1. The van der Waals surface area contributed by atoms with E-state index in [0.29, 0.717) is 35.4 Å². The van der Waals surface area contributed by atoms with Crippen LogP contribution >= 0.6 is 0 Å². The second kappa shape index (κ2) is 7.64. The maximum atomic E-state index is 9.40. The molecule has 0 aliphatic carbocycles. The maximum absolute atomic E-state index is 9.40. The number of aromatic nitrogens is 2. The summed E-state index contributed by atoms with van der Waals surface area (Å²) in [6.45, 7) is 4.49. The molecule has 0 radical (unpaired) electrons. The van der Waals surface area contributed by atoms with Crippen LogP contribution in [0.1, 0.15) is 37.5 Å². The lowest BCUT2D eigenvalue weighted by Gasteiger charge is -2.13. The van der Waals surface area contributed by atoms with E-state index in [4.69, 9.17) is 14.0 Å². The van der Waals surface area contributed by atoms with Crippen LogP contribution in [0.25, 0.3) is 0 Å². The molecular formula is C15H20N2O4. The Kier molecular flexibility index (Phi) is 5.57. The van der Waals surface area contributed by atoms with Crippen molar-refractivity contribution in [3.05, 3.63) is 35.5 Å². The number of hydrogen-bond donors (Lipinski definition) is 1. The van der Waals surface area contributed by atoms with E-state index in [1.165, 1.54) is 0 Å². The van der Waals surface area contributed by atoms with Crippen molar-refractivity contribution in [3.8, 4) is 11.5 Å². The Balaban J connectivity index is 2.10. The molecule has 21 heavy (non-hydrogen) atoms. The summed E-state index contributed by atoms with van der Waals surface area (Å²) in [4.78, 5) is 4.24. The van der Waals surface area contributed by atoms with E-state index in [1.807, 2.05) is 13.0 Å².